The zero-order chi connectivity index (χ0) is 26.0. The monoisotopic (exact) mass is 511 g/mol. The van der Waals surface area contributed by atoms with Crippen molar-refractivity contribution in [3.63, 3.8) is 0 Å². The van der Waals surface area contributed by atoms with Crippen molar-refractivity contribution in [2.45, 2.75) is 54.8 Å². The van der Waals surface area contributed by atoms with Crippen molar-refractivity contribution in [1.29, 1.82) is 0 Å². The molecule has 1 N–H and O–H groups in total. The molecule has 4 rings (SSSR count). The van der Waals surface area contributed by atoms with Crippen LogP contribution in [0.4, 0.5) is 0 Å². The fourth-order valence-electron chi connectivity index (χ4n) is 6.36. The largest absolute Gasteiger partial charge is 0.394 e. The second-order valence-electron chi connectivity index (χ2n) is 10.0. The van der Waals surface area contributed by atoms with E-state index in [4.69, 9.17) is 0 Å². The van der Waals surface area contributed by atoms with Crippen molar-refractivity contribution in [1.82, 2.24) is 14.7 Å². The van der Waals surface area contributed by atoms with E-state index in [0.29, 0.717) is 32.5 Å². The summed E-state index contributed by atoms with van der Waals surface area (Å²) < 4.78 is -0.674. The molecule has 8 heteroatoms. The van der Waals surface area contributed by atoms with Gasteiger partial charge in [0.05, 0.1) is 29.2 Å². The molecule has 3 fully saturated rings. The number of benzene rings is 1. The van der Waals surface area contributed by atoms with Gasteiger partial charge in [-0.05, 0) is 24.8 Å². The van der Waals surface area contributed by atoms with Crippen molar-refractivity contribution in [2.75, 3.05) is 26.7 Å². The standard InChI is InChI=1S/C28H37N3O4S/c1-5-15-29(4)25(33)22-21-13-14-28(36-21)23(22)26(34)31(20(7-3)18-32)24(28)27(35)30(16-6-2)17-19-11-9-8-10-12-19/h5-6,8-12,20-24,32H,1-2,7,13-18H2,3-4H3/t20-,21+,22-,23-,24?,28?/m0/s1. The van der Waals surface area contributed by atoms with Crippen molar-refractivity contribution in [3.05, 3.63) is 61.2 Å². The number of likely N-dealkylation sites (N-methyl/N-ethyl adjacent to an activating group) is 1. The van der Waals surface area contributed by atoms with E-state index in [0.717, 1.165) is 12.0 Å². The van der Waals surface area contributed by atoms with Crippen LogP contribution in [0.1, 0.15) is 31.7 Å². The van der Waals surface area contributed by atoms with Gasteiger partial charge in [-0.15, -0.1) is 24.9 Å². The van der Waals surface area contributed by atoms with Gasteiger partial charge in [-0.2, -0.15) is 0 Å². The van der Waals surface area contributed by atoms with E-state index in [1.807, 2.05) is 37.3 Å². The number of hydrogen-bond donors (Lipinski definition) is 1. The lowest BCUT2D eigenvalue weighted by Gasteiger charge is -2.39. The van der Waals surface area contributed by atoms with E-state index < -0.39 is 28.7 Å². The first-order valence-corrected chi connectivity index (χ1v) is 13.6. The first-order chi connectivity index (χ1) is 17.3. The Hall–Kier alpha value is -2.58. The first-order valence-electron chi connectivity index (χ1n) is 12.7. The van der Waals surface area contributed by atoms with Gasteiger partial charge in [0.1, 0.15) is 6.04 Å². The molecule has 1 spiro atoms. The normalized spacial score (nSPS) is 29.1. The highest BCUT2D eigenvalue weighted by Crippen LogP contribution is 2.67. The van der Waals surface area contributed by atoms with Crippen LogP contribution in [0.3, 0.4) is 0 Å². The minimum Gasteiger partial charge on any atom is -0.394 e. The molecule has 1 aromatic rings. The molecule has 3 heterocycles. The molecular formula is C28H37N3O4S. The lowest BCUT2D eigenvalue weighted by molar-refractivity contribution is -0.147. The molecule has 3 aliphatic heterocycles. The zero-order valence-electron chi connectivity index (χ0n) is 21.2. The number of amides is 3. The van der Waals surface area contributed by atoms with Gasteiger partial charge in [0.2, 0.25) is 17.7 Å². The Bertz CT molecular complexity index is 1010. The molecule has 7 nitrogen and oxygen atoms in total. The number of carbonyl (C=O) groups is 3. The van der Waals surface area contributed by atoms with E-state index in [1.165, 1.54) is 0 Å². The fourth-order valence-corrected chi connectivity index (χ4v) is 8.55. The lowest BCUT2D eigenvalue weighted by atomic mass is 9.70. The molecule has 2 unspecified atom stereocenters. The van der Waals surface area contributed by atoms with Crippen molar-refractivity contribution in [3.8, 4) is 0 Å². The third-order valence-electron chi connectivity index (χ3n) is 7.99. The van der Waals surface area contributed by atoms with Crippen LogP contribution >= 0.6 is 11.8 Å². The van der Waals surface area contributed by atoms with Crippen LogP contribution in [0.25, 0.3) is 0 Å². The summed E-state index contributed by atoms with van der Waals surface area (Å²) >= 11 is 1.65. The number of nitrogens with zero attached hydrogens (tertiary/aromatic N) is 3. The Morgan fingerprint density at radius 3 is 2.53 bits per heavy atom. The van der Waals surface area contributed by atoms with Crippen LogP contribution in [-0.2, 0) is 20.9 Å². The van der Waals surface area contributed by atoms with Crippen LogP contribution in [0.2, 0.25) is 0 Å². The first kappa shape index (κ1) is 26.5. The Morgan fingerprint density at radius 1 is 1.22 bits per heavy atom. The summed E-state index contributed by atoms with van der Waals surface area (Å²) in [5.74, 6) is -1.42. The Morgan fingerprint density at radius 2 is 1.92 bits per heavy atom. The summed E-state index contributed by atoms with van der Waals surface area (Å²) in [6.45, 7) is 10.4. The highest BCUT2D eigenvalue weighted by molar-refractivity contribution is 8.02. The third-order valence-corrected chi connectivity index (χ3v) is 9.94. The number of thioether (sulfide) groups is 1. The maximum absolute atomic E-state index is 14.4. The van der Waals surface area contributed by atoms with Gasteiger partial charge in [0, 0.05) is 31.9 Å². The van der Waals surface area contributed by atoms with Crippen molar-refractivity contribution >= 4 is 29.5 Å². The maximum atomic E-state index is 14.4. The van der Waals surface area contributed by atoms with Gasteiger partial charge in [-0.3, -0.25) is 14.4 Å². The predicted octanol–water partition coefficient (Wildman–Crippen LogP) is 2.71. The Balaban J connectivity index is 1.75. The van der Waals surface area contributed by atoms with Gasteiger partial charge >= 0.3 is 0 Å². The number of fused-ring (bicyclic) bond motifs is 1. The quantitative estimate of drug-likeness (QED) is 0.462. The van der Waals surface area contributed by atoms with E-state index in [-0.39, 0.29) is 29.6 Å². The van der Waals surface area contributed by atoms with Gasteiger partial charge in [-0.25, -0.2) is 0 Å². The number of rotatable bonds is 11. The van der Waals surface area contributed by atoms with E-state index in [9.17, 15) is 19.5 Å². The number of aliphatic hydroxyl groups is 1. The van der Waals surface area contributed by atoms with E-state index >= 15 is 0 Å². The molecule has 194 valence electrons. The summed E-state index contributed by atoms with van der Waals surface area (Å²) in [6.07, 6.45) is 5.41. The van der Waals surface area contributed by atoms with E-state index in [2.05, 4.69) is 13.2 Å². The second-order valence-corrected chi connectivity index (χ2v) is 11.6. The van der Waals surface area contributed by atoms with Gasteiger partial charge in [0.25, 0.3) is 0 Å². The highest BCUT2D eigenvalue weighted by Gasteiger charge is 2.74. The minimum absolute atomic E-state index is 0.00680. The summed E-state index contributed by atoms with van der Waals surface area (Å²) in [6, 6.07) is 8.56. The van der Waals surface area contributed by atoms with E-state index in [1.54, 1.807) is 45.7 Å². The van der Waals surface area contributed by atoms with Gasteiger partial charge in [0.15, 0.2) is 0 Å². The molecule has 1 aromatic carbocycles. The van der Waals surface area contributed by atoms with Gasteiger partial charge < -0.3 is 19.8 Å². The molecule has 3 amide bonds. The topological polar surface area (TPSA) is 81.2 Å². The highest BCUT2D eigenvalue weighted by atomic mass is 32.2. The molecule has 6 atom stereocenters. The number of likely N-dealkylation sites (tertiary alicyclic amines) is 1. The SMILES string of the molecule is C=CCN(C)C(=O)[C@@H]1[C@H]2C(=O)N([C@@H](CC)CO)C(C(=O)N(CC=C)Cc3ccccc3)C23CC[C@H]1S3. The lowest BCUT2D eigenvalue weighted by Crippen LogP contribution is -2.57. The summed E-state index contributed by atoms with van der Waals surface area (Å²) in [5.41, 5.74) is 0.995. The predicted molar refractivity (Wildman–Crippen MR) is 142 cm³/mol. The number of carbonyl (C=O) groups excluding carboxylic acids is 3. The minimum atomic E-state index is -0.728. The third kappa shape index (κ3) is 4.28. The molecule has 0 radical (unpaired) electrons. The number of hydrogen-bond acceptors (Lipinski definition) is 5. The molecule has 2 bridgehead atoms. The van der Waals surface area contributed by atoms with Crippen molar-refractivity contribution < 1.29 is 19.5 Å². The average Bonchev–Trinajstić information content (AvgIpc) is 3.52. The number of aliphatic hydroxyl groups excluding tert-OH is 1. The smallest absolute Gasteiger partial charge is 0.247 e. The molecule has 0 saturated carbocycles. The summed E-state index contributed by atoms with van der Waals surface area (Å²) in [4.78, 5) is 47.0. The maximum Gasteiger partial charge on any atom is 0.247 e. The summed E-state index contributed by atoms with van der Waals surface area (Å²) in [5, 5.41) is 10.2. The molecule has 0 aliphatic carbocycles. The molecule has 3 aliphatic rings. The van der Waals surface area contributed by atoms with Gasteiger partial charge in [-0.1, -0.05) is 49.4 Å². The van der Waals surface area contributed by atoms with Crippen LogP contribution < -0.4 is 0 Å². The van der Waals surface area contributed by atoms with Crippen LogP contribution in [-0.4, -0.2) is 86.4 Å². The molecule has 3 saturated heterocycles. The Kier molecular flexibility index (Phi) is 7.95. The zero-order valence-corrected chi connectivity index (χ0v) is 22.0. The average molecular weight is 512 g/mol. The van der Waals surface area contributed by atoms with Crippen LogP contribution in [0.5, 0.6) is 0 Å². The van der Waals surface area contributed by atoms with Crippen LogP contribution in [0, 0.1) is 11.8 Å². The summed E-state index contributed by atoms with van der Waals surface area (Å²) in [7, 11) is 1.74. The Labute approximate surface area is 218 Å². The molecule has 36 heavy (non-hydrogen) atoms. The fraction of sp³-hybridized carbons (Fsp3) is 0.536. The molecule has 0 aromatic heterocycles. The van der Waals surface area contributed by atoms with Crippen molar-refractivity contribution in [2.24, 2.45) is 11.8 Å². The van der Waals surface area contributed by atoms with Crippen LogP contribution in [0.15, 0.2) is 55.6 Å². The molecular weight excluding hydrogens is 474 g/mol. The second kappa shape index (κ2) is 10.8.